The minimum Gasteiger partial charge on any atom is -0.530 e. The quantitative estimate of drug-likeness (QED) is 0.266. The summed E-state index contributed by atoms with van der Waals surface area (Å²) >= 11 is 0. The van der Waals surface area contributed by atoms with E-state index in [1.165, 1.54) is 29.4 Å². The molecule has 0 saturated heterocycles. The van der Waals surface area contributed by atoms with Gasteiger partial charge in [0.1, 0.15) is 23.7 Å². The molecule has 0 aliphatic heterocycles. The number of carbonyl (C=O) groups excluding carboxylic acids is 1. The van der Waals surface area contributed by atoms with E-state index in [0.717, 1.165) is 22.1 Å². The molecule has 3 heterocycles. The number of ether oxygens (including phenoxy) is 1. The van der Waals surface area contributed by atoms with Gasteiger partial charge in [-0.05, 0) is 68.8 Å². The third-order valence-corrected chi connectivity index (χ3v) is 6.66. The summed E-state index contributed by atoms with van der Waals surface area (Å²) in [6.07, 6.45) is -0.798. The molecule has 3 aromatic heterocycles. The van der Waals surface area contributed by atoms with Gasteiger partial charge in [-0.1, -0.05) is 12.1 Å². The van der Waals surface area contributed by atoms with Crippen LogP contribution in [0.4, 0.5) is 29.5 Å². The summed E-state index contributed by atoms with van der Waals surface area (Å²) in [7, 11) is 0. The van der Waals surface area contributed by atoms with Gasteiger partial charge in [-0.15, -0.1) is 13.2 Å². The zero-order chi connectivity index (χ0) is 29.4. The highest BCUT2D eigenvalue weighted by Gasteiger charge is 2.31. The average molecular weight is 566 g/mol. The number of benzene rings is 2. The van der Waals surface area contributed by atoms with Crippen LogP contribution in [0, 0.1) is 0 Å². The Morgan fingerprint density at radius 2 is 1.80 bits per heavy atom. The molecule has 1 amide bonds. The monoisotopic (exact) mass is 565 g/mol. The Bertz CT molecular complexity index is 1700. The number of nitrogens with one attached hydrogen (secondary N) is 1. The summed E-state index contributed by atoms with van der Waals surface area (Å²) in [6, 6.07) is 15.5. The third kappa shape index (κ3) is 6.37. The second-order valence-electron chi connectivity index (χ2n) is 10.6. The second-order valence-corrected chi connectivity index (χ2v) is 10.6. The Morgan fingerprint density at radius 3 is 2.54 bits per heavy atom. The number of fused-ring (bicyclic) bond motifs is 2. The highest BCUT2D eigenvalue weighted by molar-refractivity contribution is 5.90. The van der Waals surface area contributed by atoms with Crippen LogP contribution in [0.1, 0.15) is 26.3 Å². The van der Waals surface area contributed by atoms with E-state index in [1.54, 1.807) is 6.07 Å². The zero-order valence-electron chi connectivity index (χ0n) is 22.6. The van der Waals surface area contributed by atoms with Crippen LogP contribution in [0.15, 0.2) is 73.3 Å². The second kappa shape index (κ2) is 10.7. The first-order valence-corrected chi connectivity index (χ1v) is 12.9. The molecule has 0 unspecified atom stereocenters. The maximum atomic E-state index is 12.6. The highest BCUT2D eigenvalue weighted by atomic mass is 19.4. The van der Waals surface area contributed by atoms with Gasteiger partial charge in [0.05, 0.1) is 5.52 Å². The number of hydrogen-bond donors (Lipinski definition) is 1. The minimum atomic E-state index is -4.75. The van der Waals surface area contributed by atoms with Crippen molar-refractivity contribution in [3.63, 3.8) is 0 Å². The number of halogens is 3. The molecule has 41 heavy (non-hydrogen) atoms. The molecule has 12 heteroatoms. The van der Waals surface area contributed by atoms with Gasteiger partial charge >= 0.3 is 6.36 Å². The van der Waals surface area contributed by atoms with Gasteiger partial charge in [0.15, 0.2) is 5.82 Å². The number of carboxylic acid groups (broad SMARTS) is 1. The number of amides is 1. The molecule has 9 nitrogen and oxygen atoms in total. The molecule has 1 N–H and O–H groups in total. The maximum absolute atomic E-state index is 12.6. The van der Waals surface area contributed by atoms with Crippen molar-refractivity contribution in [2.75, 3.05) is 11.9 Å². The molecule has 0 atom stereocenters. The first-order valence-electron chi connectivity index (χ1n) is 12.9. The summed E-state index contributed by atoms with van der Waals surface area (Å²) in [4.78, 5) is 21.7. The van der Waals surface area contributed by atoms with Gasteiger partial charge in [-0.3, -0.25) is 0 Å². The molecule has 0 saturated carbocycles. The fourth-order valence-electron chi connectivity index (χ4n) is 4.81. The minimum absolute atomic E-state index is 0.231. The SMILES string of the molecule is CC(C)(C)N(CCn1ccc2ncnc(Nc3ccc4c(ccn4Cc4cccc(OC(F)(F)F)c4)c3)c21)C(=O)[O-]. The largest absolute Gasteiger partial charge is 0.573 e. The van der Waals surface area contributed by atoms with Crippen molar-refractivity contribution in [2.24, 2.45) is 0 Å². The molecule has 0 aliphatic carbocycles. The molecule has 0 bridgehead atoms. The van der Waals surface area contributed by atoms with Crippen LogP contribution in [0.3, 0.4) is 0 Å². The Labute approximate surface area is 233 Å². The highest BCUT2D eigenvalue weighted by Crippen LogP contribution is 2.28. The maximum Gasteiger partial charge on any atom is 0.573 e. The van der Waals surface area contributed by atoms with E-state index in [2.05, 4.69) is 20.0 Å². The van der Waals surface area contributed by atoms with Crippen LogP contribution in [-0.4, -0.2) is 48.5 Å². The molecule has 214 valence electrons. The average Bonchev–Trinajstić information content (AvgIpc) is 3.47. The topological polar surface area (TPSA) is 100 Å². The van der Waals surface area contributed by atoms with Gasteiger partial charge in [0.2, 0.25) is 0 Å². The zero-order valence-corrected chi connectivity index (χ0v) is 22.6. The lowest BCUT2D eigenvalue weighted by atomic mass is 10.1. The molecule has 2 aromatic carbocycles. The number of carbonyl (C=O) groups is 1. The van der Waals surface area contributed by atoms with Crippen molar-refractivity contribution >= 4 is 39.5 Å². The van der Waals surface area contributed by atoms with Crippen molar-refractivity contribution in [3.8, 4) is 5.75 Å². The van der Waals surface area contributed by atoms with Crippen LogP contribution in [0.2, 0.25) is 0 Å². The smallest absolute Gasteiger partial charge is 0.530 e. The summed E-state index contributed by atoms with van der Waals surface area (Å²) in [5.41, 5.74) is 3.18. The van der Waals surface area contributed by atoms with Gasteiger partial charge in [-0.25, -0.2) is 9.97 Å². The number of anilines is 2. The molecule has 5 rings (SSSR count). The Hall–Kier alpha value is -4.74. The predicted molar refractivity (Wildman–Crippen MR) is 147 cm³/mol. The number of nitrogens with zero attached hydrogens (tertiary/aromatic N) is 5. The van der Waals surface area contributed by atoms with Gasteiger partial charge in [-0.2, -0.15) is 0 Å². The summed E-state index contributed by atoms with van der Waals surface area (Å²) in [5, 5.41) is 15.9. The summed E-state index contributed by atoms with van der Waals surface area (Å²) in [5.74, 6) is 0.306. The van der Waals surface area contributed by atoms with E-state index in [4.69, 9.17) is 0 Å². The van der Waals surface area contributed by atoms with Crippen LogP contribution < -0.4 is 15.2 Å². The Morgan fingerprint density at radius 1 is 1.02 bits per heavy atom. The van der Waals surface area contributed by atoms with Crippen molar-refractivity contribution in [3.05, 3.63) is 78.9 Å². The van der Waals surface area contributed by atoms with Crippen molar-refractivity contribution in [2.45, 2.75) is 45.8 Å². The van der Waals surface area contributed by atoms with Crippen molar-refractivity contribution in [1.29, 1.82) is 0 Å². The molecule has 0 radical (unpaired) electrons. The van der Waals surface area contributed by atoms with Crippen molar-refractivity contribution in [1.82, 2.24) is 24.0 Å². The molecule has 0 spiro atoms. The van der Waals surface area contributed by atoms with Crippen LogP contribution in [0.25, 0.3) is 21.9 Å². The predicted octanol–water partition coefficient (Wildman–Crippen LogP) is 5.52. The molecular weight excluding hydrogens is 537 g/mol. The Kier molecular flexibility index (Phi) is 7.24. The first kappa shape index (κ1) is 27.8. The normalized spacial score (nSPS) is 12.1. The fraction of sp³-hybridized carbons (Fsp3) is 0.276. The van der Waals surface area contributed by atoms with E-state index < -0.39 is 18.0 Å². The fourth-order valence-corrected chi connectivity index (χ4v) is 4.81. The van der Waals surface area contributed by atoms with Crippen LogP contribution >= 0.6 is 0 Å². The molecule has 5 aromatic rings. The lowest BCUT2D eigenvalue weighted by Crippen LogP contribution is -2.52. The van der Waals surface area contributed by atoms with E-state index in [0.29, 0.717) is 30.0 Å². The standard InChI is InChI=1S/C29H29F3N6O3/c1-28(2,3)38(27(39)40)14-13-36-12-10-23-25(36)26(34-18-33-23)35-21-7-8-24-20(16-21)9-11-37(24)17-19-5-4-6-22(15-19)41-29(30,31)32/h4-12,15-16,18H,13-14,17H2,1-3H3,(H,39,40)(H,33,34,35)/p-1. The molecule has 0 fully saturated rings. The number of aromatic nitrogens is 4. The van der Waals surface area contributed by atoms with Gasteiger partial charge in [0.25, 0.3) is 0 Å². The number of hydrogen-bond acceptors (Lipinski definition) is 6. The van der Waals surface area contributed by atoms with Gasteiger partial charge < -0.3 is 34.0 Å². The van der Waals surface area contributed by atoms with E-state index in [9.17, 15) is 23.1 Å². The first-order chi connectivity index (χ1) is 19.4. The third-order valence-electron chi connectivity index (χ3n) is 6.66. The Balaban J connectivity index is 1.36. The van der Waals surface area contributed by atoms with Crippen LogP contribution in [-0.2, 0) is 13.1 Å². The lowest BCUT2D eigenvalue weighted by molar-refractivity contribution is -0.274. The van der Waals surface area contributed by atoms with Crippen molar-refractivity contribution < 1.29 is 27.8 Å². The van der Waals surface area contributed by atoms with E-state index >= 15 is 0 Å². The lowest BCUT2D eigenvalue weighted by Gasteiger charge is -2.38. The number of alkyl halides is 3. The van der Waals surface area contributed by atoms with Crippen LogP contribution in [0.5, 0.6) is 5.75 Å². The summed E-state index contributed by atoms with van der Waals surface area (Å²) < 4.78 is 45.7. The van der Waals surface area contributed by atoms with Gasteiger partial charge in [0, 0.05) is 54.2 Å². The molecular formula is C29H28F3N6O3-. The van der Waals surface area contributed by atoms with E-state index in [-0.39, 0.29) is 12.3 Å². The molecule has 0 aliphatic rings. The summed E-state index contributed by atoms with van der Waals surface area (Å²) in [6.45, 7) is 6.42. The van der Waals surface area contributed by atoms with E-state index in [1.807, 2.05) is 72.6 Å². The number of rotatable bonds is 8.